The summed E-state index contributed by atoms with van der Waals surface area (Å²) in [6.45, 7) is 2.09. The van der Waals surface area contributed by atoms with Gasteiger partial charge in [-0.05, 0) is 42.8 Å². The SMILES string of the molecule is C[C@H](NC(=O)C1CC(Cl)=CC=C1OCc1ccccc1N)c1ccc(C(=O)O)cc1. The van der Waals surface area contributed by atoms with Crippen molar-refractivity contribution in [3.63, 3.8) is 0 Å². The first-order valence-corrected chi connectivity index (χ1v) is 9.89. The molecule has 6 nitrogen and oxygen atoms in total. The molecule has 0 fully saturated rings. The van der Waals surface area contributed by atoms with Crippen LogP contribution in [0.4, 0.5) is 5.69 Å². The van der Waals surface area contributed by atoms with E-state index in [0.717, 1.165) is 11.1 Å². The van der Waals surface area contributed by atoms with Gasteiger partial charge in [-0.1, -0.05) is 41.9 Å². The molecule has 1 amide bonds. The minimum absolute atomic E-state index is 0.195. The fourth-order valence-electron chi connectivity index (χ4n) is 3.16. The van der Waals surface area contributed by atoms with Crippen LogP contribution < -0.4 is 11.1 Å². The number of benzene rings is 2. The van der Waals surface area contributed by atoms with E-state index in [2.05, 4.69) is 5.32 Å². The van der Waals surface area contributed by atoms with Gasteiger partial charge in [-0.25, -0.2) is 4.79 Å². The molecule has 156 valence electrons. The Morgan fingerprint density at radius 3 is 2.57 bits per heavy atom. The number of nitrogen functional groups attached to an aromatic ring is 1. The number of hydrogen-bond donors (Lipinski definition) is 3. The van der Waals surface area contributed by atoms with Crippen LogP contribution in [0.5, 0.6) is 0 Å². The molecule has 0 spiro atoms. The maximum Gasteiger partial charge on any atom is 0.335 e. The standard InChI is InChI=1S/C23H23ClN2O4/c1-14(15-6-8-16(9-7-15)23(28)29)26-22(27)19-12-18(24)10-11-21(19)30-13-17-4-2-3-5-20(17)25/h2-11,14,19H,12-13,25H2,1H3,(H,26,27)(H,28,29)/t14-,19?/m0/s1. The van der Waals surface area contributed by atoms with E-state index in [9.17, 15) is 9.59 Å². The first kappa shape index (κ1) is 21.5. The first-order chi connectivity index (χ1) is 14.3. The van der Waals surface area contributed by atoms with Gasteiger partial charge in [0.15, 0.2) is 0 Å². The van der Waals surface area contributed by atoms with Gasteiger partial charge in [0.2, 0.25) is 5.91 Å². The zero-order valence-electron chi connectivity index (χ0n) is 16.5. The molecule has 2 aromatic carbocycles. The van der Waals surface area contributed by atoms with Gasteiger partial charge in [0.25, 0.3) is 0 Å². The van der Waals surface area contributed by atoms with Crippen molar-refractivity contribution in [3.05, 3.63) is 88.2 Å². The number of carbonyl (C=O) groups is 2. The van der Waals surface area contributed by atoms with Gasteiger partial charge in [-0.2, -0.15) is 0 Å². The lowest BCUT2D eigenvalue weighted by Crippen LogP contribution is -2.35. The third kappa shape index (κ3) is 5.21. The van der Waals surface area contributed by atoms with Crippen LogP contribution in [0.1, 0.15) is 40.9 Å². The number of rotatable bonds is 7. The highest BCUT2D eigenvalue weighted by molar-refractivity contribution is 6.30. The Kier molecular flexibility index (Phi) is 6.79. The summed E-state index contributed by atoms with van der Waals surface area (Å²) in [6.07, 6.45) is 3.78. The average molecular weight is 427 g/mol. The van der Waals surface area contributed by atoms with E-state index in [0.29, 0.717) is 22.9 Å². The Bertz CT molecular complexity index is 999. The number of nitrogens with two attached hydrogens (primary N) is 1. The van der Waals surface area contributed by atoms with Crippen LogP contribution in [-0.2, 0) is 16.1 Å². The molecule has 0 saturated carbocycles. The number of allylic oxidation sites excluding steroid dienone is 3. The second-order valence-electron chi connectivity index (χ2n) is 7.08. The van der Waals surface area contributed by atoms with Gasteiger partial charge in [0.05, 0.1) is 11.6 Å². The zero-order chi connectivity index (χ0) is 21.7. The molecule has 0 aromatic heterocycles. The predicted molar refractivity (Wildman–Crippen MR) is 116 cm³/mol. The molecule has 3 rings (SSSR count). The lowest BCUT2D eigenvalue weighted by molar-refractivity contribution is -0.125. The molecular formula is C23H23ClN2O4. The lowest BCUT2D eigenvalue weighted by atomic mass is 9.96. The highest BCUT2D eigenvalue weighted by Gasteiger charge is 2.29. The third-order valence-electron chi connectivity index (χ3n) is 4.95. The van der Waals surface area contributed by atoms with Gasteiger partial charge in [-0.15, -0.1) is 0 Å². The van der Waals surface area contributed by atoms with E-state index in [1.165, 1.54) is 12.1 Å². The summed E-state index contributed by atoms with van der Waals surface area (Å²) in [7, 11) is 0. The number of aromatic carboxylic acids is 1. The number of nitrogens with one attached hydrogen (secondary N) is 1. The summed E-state index contributed by atoms with van der Waals surface area (Å²) in [5, 5.41) is 12.5. The number of carboxylic acid groups (broad SMARTS) is 1. The van der Waals surface area contributed by atoms with Crippen molar-refractivity contribution in [1.29, 1.82) is 0 Å². The molecule has 1 unspecified atom stereocenters. The normalized spacial score (nSPS) is 16.8. The van der Waals surface area contributed by atoms with Crippen LogP contribution in [0.2, 0.25) is 0 Å². The number of ether oxygens (including phenoxy) is 1. The zero-order valence-corrected chi connectivity index (χ0v) is 17.2. The van der Waals surface area contributed by atoms with Gasteiger partial charge in [0, 0.05) is 22.7 Å². The van der Waals surface area contributed by atoms with Crippen LogP contribution >= 0.6 is 11.6 Å². The number of amides is 1. The van der Waals surface area contributed by atoms with Gasteiger partial charge in [0.1, 0.15) is 18.3 Å². The maximum absolute atomic E-state index is 13.0. The van der Waals surface area contributed by atoms with Crippen molar-refractivity contribution in [1.82, 2.24) is 5.32 Å². The van der Waals surface area contributed by atoms with Crippen LogP contribution in [0.15, 0.2) is 71.5 Å². The molecule has 30 heavy (non-hydrogen) atoms. The summed E-state index contributed by atoms with van der Waals surface area (Å²) >= 11 is 6.17. The monoisotopic (exact) mass is 426 g/mol. The minimum Gasteiger partial charge on any atom is -0.492 e. The quantitative estimate of drug-likeness (QED) is 0.570. The largest absolute Gasteiger partial charge is 0.492 e. The van der Waals surface area contributed by atoms with E-state index in [4.69, 9.17) is 27.2 Å². The third-order valence-corrected chi connectivity index (χ3v) is 5.23. The van der Waals surface area contributed by atoms with Crippen molar-refractivity contribution in [2.45, 2.75) is 26.0 Å². The van der Waals surface area contributed by atoms with E-state index in [1.54, 1.807) is 30.4 Å². The van der Waals surface area contributed by atoms with Crippen LogP contribution in [0, 0.1) is 5.92 Å². The van der Waals surface area contributed by atoms with Gasteiger partial charge >= 0.3 is 5.97 Å². The lowest BCUT2D eigenvalue weighted by Gasteiger charge is -2.25. The van der Waals surface area contributed by atoms with Crippen molar-refractivity contribution in [2.24, 2.45) is 5.92 Å². The van der Waals surface area contributed by atoms with Crippen LogP contribution in [0.25, 0.3) is 0 Å². The molecule has 2 aromatic rings. The Morgan fingerprint density at radius 1 is 1.20 bits per heavy atom. The number of halogens is 1. The minimum atomic E-state index is -0.993. The summed E-state index contributed by atoms with van der Waals surface area (Å²) in [5.74, 6) is -1.25. The molecule has 0 heterocycles. The average Bonchev–Trinajstić information content (AvgIpc) is 2.73. The van der Waals surface area contributed by atoms with E-state index in [-0.39, 0.29) is 24.1 Å². The second kappa shape index (κ2) is 9.50. The summed E-state index contributed by atoms with van der Waals surface area (Å²) in [5.41, 5.74) is 8.42. The Morgan fingerprint density at radius 2 is 1.90 bits per heavy atom. The van der Waals surface area contributed by atoms with Crippen LogP contribution in [-0.4, -0.2) is 17.0 Å². The number of anilines is 1. The molecule has 1 aliphatic rings. The molecule has 4 N–H and O–H groups in total. The molecule has 7 heteroatoms. The Balaban J connectivity index is 1.68. The Labute approximate surface area is 180 Å². The number of carbonyl (C=O) groups excluding carboxylic acids is 1. The predicted octanol–water partition coefficient (Wildman–Crippen LogP) is 4.39. The van der Waals surface area contributed by atoms with E-state index >= 15 is 0 Å². The molecule has 1 aliphatic carbocycles. The fourth-order valence-corrected chi connectivity index (χ4v) is 3.38. The second-order valence-corrected chi connectivity index (χ2v) is 7.57. The molecule has 0 saturated heterocycles. The van der Waals surface area contributed by atoms with E-state index in [1.807, 2.05) is 25.1 Å². The van der Waals surface area contributed by atoms with Crippen molar-refractivity contribution < 1.29 is 19.4 Å². The number of carboxylic acids is 1. The molecule has 0 radical (unpaired) electrons. The summed E-state index contributed by atoms with van der Waals surface area (Å²) in [4.78, 5) is 24.0. The number of para-hydroxylation sites is 1. The van der Waals surface area contributed by atoms with Crippen LogP contribution in [0.3, 0.4) is 0 Å². The van der Waals surface area contributed by atoms with Crippen molar-refractivity contribution >= 4 is 29.2 Å². The smallest absolute Gasteiger partial charge is 0.335 e. The summed E-state index contributed by atoms with van der Waals surface area (Å²) in [6, 6.07) is 13.5. The molecular weight excluding hydrogens is 404 g/mol. The first-order valence-electron chi connectivity index (χ1n) is 9.51. The highest BCUT2D eigenvalue weighted by atomic mass is 35.5. The molecule has 0 aliphatic heterocycles. The van der Waals surface area contributed by atoms with Gasteiger partial charge < -0.3 is 20.9 Å². The molecule has 2 atom stereocenters. The topological polar surface area (TPSA) is 102 Å². The molecule has 0 bridgehead atoms. The highest BCUT2D eigenvalue weighted by Crippen LogP contribution is 2.30. The van der Waals surface area contributed by atoms with Crippen molar-refractivity contribution in [3.8, 4) is 0 Å². The fraction of sp³-hybridized carbons (Fsp3) is 0.217. The van der Waals surface area contributed by atoms with E-state index < -0.39 is 11.9 Å². The number of hydrogen-bond acceptors (Lipinski definition) is 4. The summed E-state index contributed by atoms with van der Waals surface area (Å²) < 4.78 is 5.91. The Hall–Kier alpha value is -3.25. The maximum atomic E-state index is 13.0. The van der Waals surface area contributed by atoms with Gasteiger partial charge in [-0.3, -0.25) is 4.79 Å². The van der Waals surface area contributed by atoms with Crippen molar-refractivity contribution in [2.75, 3.05) is 5.73 Å².